The number of furan rings is 1. The Labute approximate surface area is 213 Å². The van der Waals surface area contributed by atoms with Crippen LogP contribution in [0.5, 0.6) is 5.75 Å². The predicted octanol–water partition coefficient (Wildman–Crippen LogP) is 6.85. The van der Waals surface area contributed by atoms with E-state index in [9.17, 15) is 19.8 Å². The maximum absolute atomic E-state index is 12.2. The second-order valence-corrected chi connectivity index (χ2v) is 8.49. The number of benzene rings is 3. The number of aryl methyl sites for hydroxylation is 1. The summed E-state index contributed by atoms with van der Waals surface area (Å²) in [6.45, 7) is 0. The van der Waals surface area contributed by atoms with Crippen LogP contribution in [0, 0.1) is 0 Å². The zero-order valence-electron chi connectivity index (χ0n) is 19.1. The normalized spacial score (nSPS) is 12.2. The fraction of sp³-hybridized carbons (Fsp3) is 0.103. The van der Waals surface area contributed by atoms with Crippen LogP contribution in [0.15, 0.2) is 102 Å². The van der Waals surface area contributed by atoms with E-state index in [-0.39, 0.29) is 29.3 Å². The van der Waals surface area contributed by atoms with Gasteiger partial charge in [-0.3, -0.25) is 4.79 Å². The van der Waals surface area contributed by atoms with Crippen LogP contribution in [0.4, 0.5) is 0 Å². The Morgan fingerprint density at radius 2 is 1.56 bits per heavy atom. The molecule has 36 heavy (non-hydrogen) atoms. The number of hydrogen-bond acceptors (Lipinski definition) is 5. The Hall–Kier alpha value is -4.29. The zero-order valence-corrected chi connectivity index (χ0v) is 19.9. The second-order valence-electron chi connectivity index (χ2n) is 8.05. The highest BCUT2D eigenvalue weighted by Crippen LogP contribution is 2.27. The molecule has 0 radical (unpaired) electrons. The van der Waals surface area contributed by atoms with Gasteiger partial charge < -0.3 is 19.4 Å². The van der Waals surface area contributed by atoms with Gasteiger partial charge in [0.2, 0.25) is 5.78 Å². The minimum Gasteiger partial charge on any atom is -0.507 e. The molecule has 0 amide bonds. The van der Waals surface area contributed by atoms with Gasteiger partial charge in [-0.05, 0) is 65.9 Å². The number of aliphatic hydroxyl groups excluding tert-OH is 1. The van der Waals surface area contributed by atoms with E-state index in [4.69, 9.17) is 20.8 Å². The summed E-state index contributed by atoms with van der Waals surface area (Å²) in [7, 11) is 0. The molecule has 1 aromatic heterocycles. The molecule has 7 heteroatoms. The Kier molecular flexibility index (Phi) is 7.88. The molecule has 2 N–H and O–H groups in total. The fourth-order valence-corrected chi connectivity index (χ4v) is 3.79. The van der Waals surface area contributed by atoms with Crippen molar-refractivity contribution >= 4 is 29.1 Å². The quantitative estimate of drug-likeness (QED) is 0.140. The van der Waals surface area contributed by atoms with Crippen LogP contribution < -0.4 is 4.74 Å². The first kappa shape index (κ1) is 24.8. The summed E-state index contributed by atoms with van der Waals surface area (Å²) in [5.74, 6) is -1.77. The fourth-order valence-electron chi connectivity index (χ4n) is 3.66. The molecule has 1 heterocycles. The first-order valence-corrected chi connectivity index (χ1v) is 11.6. The number of carboxylic acids is 1. The maximum Gasteiger partial charge on any atom is 0.344 e. The van der Waals surface area contributed by atoms with Crippen molar-refractivity contribution in [2.24, 2.45) is 0 Å². The van der Waals surface area contributed by atoms with E-state index in [1.165, 1.54) is 12.3 Å². The molecule has 0 spiro atoms. The van der Waals surface area contributed by atoms with Gasteiger partial charge in [0.25, 0.3) is 0 Å². The summed E-state index contributed by atoms with van der Waals surface area (Å²) in [6, 6.07) is 24.9. The molecular weight excluding hydrogens is 480 g/mol. The molecule has 6 nitrogen and oxygen atoms in total. The largest absolute Gasteiger partial charge is 0.507 e. The maximum atomic E-state index is 12.2. The first-order valence-electron chi connectivity index (χ1n) is 11.2. The van der Waals surface area contributed by atoms with Crippen molar-refractivity contribution in [3.8, 4) is 16.9 Å². The molecule has 0 saturated heterocycles. The van der Waals surface area contributed by atoms with E-state index < -0.39 is 17.9 Å². The number of ketones is 1. The molecular formula is C29H23ClO6. The number of rotatable bonds is 10. The lowest BCUT2D eigenvalue weighted by atomic mass is 10.0. The summed E-state index contributed by atoms with van der Waals surface area (Å²) in [5, 5.41) is 20.9. The summed E-state index contributed by atoms with van der Waals surface area (Å²) in [4.78, 5) is 24.2. The van der Waals surface area contributed by atoms with Gasteiger partial charge >= 0.3 is 5.97 Å². The lowest BCUT2D eigenvalue weighted by Crippen LogP contribution is -2.28. The average Bonchev–Trinajstić information content (AvgIpc) is 3.43. The van der Waals surface area contributed by atoms with Crippen molar-refractivity contribution in [3.05, 3.63) is 119 Å². The van der Waals surface area contributed by atoms with Gasteiger partial charge in [0.05, 0.1) is 11.8 Å². The number of carbonyl (C=O) groups is 2. The number of aliphatic carboxylic acids is 1. The van der Waals surface area contributed by atoms with Gasteiger partial charge in [-0.15, -0.1) is 0 Å². The molecule has 0 saturated carbocycles. The van der Waals surface area contributed by atoms with Crippen molar-refractivity contribution in [1.29, 1.82) is 0 Å². The standard InChI is InChI=1S/C29H23ClO6/c30-22-14-12-21(13-15-22)20-10-7-19(8-11-20)9-16-28(29(33)34)36-26-5-2-1-4-23(26)24(31)18-25(32)27-6-3-17-35-27/h1-8,10-15,17-18,28,31H,9,16H2,(H,33,34)/b24-18-. The van der Waals surface area contributed by atoms with Crippen LogP contribution in [-0.4, -0.2) is 28.1 Å². The molecule has 1 atom stereocenters. The smallest absolute Gasteiger partial charge is 0.344 e. The summed E-state index contributed by atoms with van der Waals surface area (Å²) < 4.78 is 10.8. The molecule has 182 valence electrons. The van der Waals surface area contributed by atoms with Gasteiger partial charge in [0.15, 0.2) is 11.9 Å². The third-order valence-electron chi connectivity index (χ3n) is 5.57. The highest BCUT2D eigenvalue weighted by molar-refractivity contribution is 6.30. The number of carboxylic acid groups (broad SMARTS) is 1. The Morgan fingerprint density at radius 3 is 2.19 bits per heavy atom. The number of aliphatic hydroxyl groups is 1. The van der Waals surface area contributed by atoms with E-state index in [1.807, 2.05) is 48.5 Å². The number of halogens is 1. The molecule has 3 aromatic carbocycles. The highest BCUT2D eigenvalue weighted by atomic mass is 35.5. The minimum absolute atomic E-state index is 0.0745. The second kappa shape index (κ2) is 11.4. The number of ether oxygens (including phenoxy) is 1. The Bertz CT molecular complexity index is 1360. The topological polar surface area (TPSA) is 97.0 Å². The molecule has 0 bridgehead atoms. The molecule has 1 unspecified atom stereocenters. The number of carbonyl (C=O) groups excluding carboxylic acids is 1. The van der Waals surface area contributed by atoms with Gasteiger partial charge in [-0.2, -0.15) is 0 Å². The van der Waals surface area contributed by atoms with Gasteiger partial charge in [0, 0.05) is 11.1 Å². The predicted molar refractivity (Wildman–Crippen MR) is 137 cm³/mol. The van der Waals surface area contributed by atoms with Crippen molar-refractivity contribution < 1.29 is 29.0 Å². The van der Waals surface area contributed by atoms with Gasteiger partial charge in [-0.25, -0.2) is 4.79 Å². The van der Waals surface area contributed by atoms with Crippen molar-refractivity contribution in [2.45, 2.75) is 18.9 Å². The lowest BCUT2D eigenvalue weighted by molar-refractivity contribution is -0.145. The first-order chi connectivity index (χ1) is 17.4. The lowest BCUT2D eigenvalue weighted by Gasteiger charge is -2.17. The van der Waals surface area contributed by atoms with E-state index in [1.54, 1.807) is 30.3 Å². The SMILES string of the molecule is O=C(/C=C(\O)c1ccccc1OC(CCc1ccc(-c2ccc(Cl)cc2)cc1)C(=O)O)c1ccco1. The molecule has 0 fully saturated rings. The molecule has 4 aromatic rings. The van der Waals surface area contributed by atoms with Crippen LogP contribution in [-0.2, 0) is 11.2 Å². The third kappa shape index (κ3) is 6.23. The summed E-state index contributed by atoms with van der Waals surface area (Å²) in [6.07, 6.45) is 1.89. The van der Waals surface area contributed by atoms with E-state index in [2.05, 4.69) is 0 Å². The van der Waals surface area contributed by atoms with E-state index in [0.29, 0.717) is 11.4 Å². The summed E-state index contributed by atoms with van der Waals surface area (Å²) >= 11 is 5.95. The average molecular weight is 503 g/mol. The highest BCUT2D eigenvalue weighted by Gasteiger charge is 2.22. The van der Waals surface area contributed by atoms with E-state index >= 15 is 0 Å². The van der Waals surface area contributed by atoms with Crippen molar-refractivity contribution in [2.75, 3.05) is 0 Å². The van der Waals surface area contributed by atoms with Gasteiger partial charge in [0.1, 0.15) is 11.5 Å². The van der Waals surface area contributed by atoms with Crippen LogP contribution >= 0.6 is 11.6 Å². The molecule has 0 aliphatic rings. The van der Waals surface area contributed by atoms with Crippen molar-refractivity contribution in [1.82, 2.24) is 0 Å². The number of para-hydroxylation sites is 1. The monoisotopic (exact) mass is 502 g/mol. The van der Waals surface area contributed by atoms with Crippen LogP contribution in [0.3, 0.4) is 0 Å². The summed E-state index contributed by atoms with van der Waals surface area (Å²) in [5.41, 5.74) is 3.23. The van der Waals surface area contributed by atoms with Crippen LogP contribution in [0.25, 0.3) is 16.9 Å². The molecule has 0 aliphatic heterocycles. The van der Waals surface area contributed by atoms with E-state index in [0.717, 1.165) is 22.8 Å². The van der Waals surface area contributed by atoms with Crippen molar-refractivity contribution in [3.63, 3.8) is 0 Å². The molecule has 4 rings (SSSR count). The van der Waals surface area contributed by atoms with Crippen LogP contribution in [0.2, 0.25) is 5.02 Å². The van der Waals surface area contributed by atoms with Gasteiger partial charge in [-0.1, -0.05) is 60.1 Å². The number of hydrogen-bond donors (Lipinski definition) is 2. The number of allylic oxidation sites excluding steroid dienone is 1. The van der Waals surface area contributed by atoms with Crippen LogP contribution in [0.1, 0.15) is 28.1 Å². The Balaban J connectivity index is 1.45. The minimum atomic E-state index is -1.16. The molecule has 0 aliphatic carbocycles. The zero-order chi connectivity index (χ0) is 25.5. The third-order valence-corrected chi connectivity index (χ3v) is 5.82. The Morgan fingerprint density at radius 1 is 0.889 bits per heavy atom.